The Morgan fingerprint density at radius 2 is 2.06 bits per heavy atom. The lowest BCUT2D eigenvalue weighted by Gasteiger charge is -2.29. The third kappa shape index (κ3) is 2.81. The van der Waals surface area contributed by atoms with Gasteiger partial charge in [-0.2, -0.15) is 11.8 Å². The number of hydrogen-bond acceptors (Lipinski definition) is 4. The first kappa shape index (κ1) is 14.1. The van der Waals surface area contributed by atoms with Crippen LogP contribution in [0.15, 0.2) is 0 Å². The second-order valence-electron chi connectivity index (χ2n) is 5.49. The van der Waals surface area contributed by atoms with Gasteiger partial charge in [0.05, 0.1) is 5.69 Å². The Morgan fingerprint density at radius 3 is 2.67 bits per heavy atom. The van der Waals surface area contributed by atoms with Crippen LogP contribution in [-0.2, 0) is 16.2 Å². The Hall–Kier alpha value is -0.320. The molecule has 1 unspecified atom stereocenters. The van der Waals surface area contributed by atoms with E-state index in [1.165, 1.54) is 0 Å². The van der Waals surface area contributed by atoms with Crippen molar-refractivity contribution in [2.24, 2.45) is 5.41 Å². The van der Waals surface area contributed by atoms with E-state index >= 15 is 0 Å². The lowest BCUT2D eigenvalue weighted by Crippen LogP contribution is -2.24. The van der Waals surface area contributed by atoms with Crippen molar-refractivity contribution >= 4 is 23.4 Å². The summed E-state index contributed by atoms with van der Waals surface area (Å²) in [6.45, 7) is 9.03. The molecule has 3 nitrogen and oxygen atoms in total. The molecule has 2 heterocycles. The largest absolute Gasteiger partial charge is 0.370 e. The molecule has 100 valence electrons. The minimum Gasteiger partial charge on any atom is -0.370 e. The van der Waals surface area contributed by atoms with Crippen molar-refractivity contribution in [1.29, 1.82) is 0 Å². The summed E-state index contributed by atoms with van der Waals surface area (Å²) in [6, 6.07) is 0. The maximum Gasteiger partial charge on any atom is 0.159 e. The number of nitrogens with zero attached hydrogens (tertiary/aromatic N) is 2. The van der Waals surface area contributed by atoms with Gasteiger partial charge in [-0.1, -0.05) is 32.4 Å². The van der Waals surface area contributed by atoms with Crippen molar-refractivity contribution in [3.8, 4) is 0 Å². The molecular weight excluding hydrogens is 268 g/mol. The maximum atomic E-state index is 6.25. The van der Waals surface area contributed by atoms with Crippen molar-refractivity contribution in [2.75, 3.05) is 6.61 Å². The van der Waals surface area contributed by atoms with Gasteiger partial charge in [0.2, 0.25) is 0 Å². The second-order valence-corrected chi connectivity index (χ2v) is 6.84. The first-order valence-corrected chi connectivity index (χ1v) is 7.71. The van der Waals surface area contributed by atoms with E-state index in [9.17, 15) is 0 Å². The van der Waals surface area contributed by atoms with Crippen LogP contribution in [0.5, 0.6) is 0 Å². The fourth-order valence-electron chi connectivity index (χ4n) is 2.03. The van der Waals surface area contributed by atoms with Gasteiger partial charge in [0.25, 0.3) is 0 Å². The molecule has 1 aliphatic heterocycles. The molecule has 0 N–H and O–H groups in total. The quantitative estimate of drug-likeness (QED) is 0.787. The van der Waals surface area contributed by atoms with E-state index in [-0.39, 0.29) is 11.5 Å². The number of aromatic nitrogens is 2. The second kappa shape index (κ2) is 5.35. The summed E-state index contributed by atoms with van der Waals surface area (Å²) in [6.07, 6.45) is -0.115. The highest BCUT2D eigenvalue weighted by atomic mass is 35.5. The normalized spacial score (nSPS) is 16.7. The lowest BCUT2D eigenvalue weighted by molar-refractivity contribution is -0.0192. The van der Waals surface area contributed by atoms with Gasteiger partial charge in [-0.3, -0.25) is 0 Å². The zero-order valence-corrected chi connectivity index (χ0v) is 12.9. The van der Waals surface area contributed by atoms with E-state index in [1.54, 1.807) is 0 Å². The highest BCUT2D eigenvalue weighted by Crippen LogP contribution is 2.38. The monoisotopic (exact) mass is 286 g/mol. The Bertz CT molecular complexity index is 445. The fourth-order valence-corrected chi connectivity index (χ4v) is 3.41. The summed E-state index contributed by atoms with van der Waals surface area (Å²) in [5.74, 6) is 2.56. The summed E-state index contributed by atoms with van der Waals surface area (Å²) in [5.41, 5.74) is 2.12. The molecule has 0 bridgehead atoms. The third-order valence-corrected chi connectivity index (χ3v) is 4.18. The molecule has 1 aromatic heterocycles. The molecule has 0 aliphatic carbocycles. The Kier molecular flexibility index (Phi) is 4.19. The van der Waals surface area contributed by atoms with E-state index in [2.05, 4.69) is 30.7 Å². The Balaban J connectivity index is 2.40. The summed E-state index contributed by atoms with van der Waals surface area (Å²) >= 11 is 8.08. The summed E-state index contributed by atoms with van der Waals surface area (Å²) < 4.78 is 5.82. The van der Waals surface area contributed by atoms with E-state index < -0.39 is 0 Å². The predicted molar refractivity (Wildman–Crippen MR) is 75.9 cm³/mol. The van der Waals surface area contributed by atoms with Crippen molar-refractivity contribution < 1.29 is 4.74 Å². The maximum absolute atomic E-state index is 6.25. The van der Waals surface area contributed by atoms with Gasteiger partial charge < -0.3 is 4.74 Å². The average Bonchev–Trinajstić information content (AvgIpc) is 2.72. The molecule has 0 spiro atoms. The van der Waals surface area contributed by atoms with E-state index in [0.29, 0.717) is 11.8 Å². The van der Waals surface area contributed by atoms with E-state index in [1.807, 2.05) is 18.7 Å². The topological polar surface area (TPSA) is 35.0 Å². The molecule has 0 saturated heterocycles. The van der Waals surface area contributed by atoms with Gasteiger partial charge in [-0.15, -0.1) is 0 Å². The van der Waals surface area contributed by atoms with Crippen molar-refractivity contribution in [3.05, 3.63) is 22.2 Å². The van der Waals surface area contributed by atoms with Gasteiger partial charge in [0, 0.05) is 23.7 Å². The zero-order chi connectivity index (χ0) is 13.3. The van der Waals surface area contributed by atoms with Crippen molar-refractivity contribution in [3.63, 3.8) is 0 Å². The number of thioether (sulfide) groups is 1. The van der Waals surface area contributed by atoms with Crippen molar-refractivity contribution in [2.45, 2.75) is 45.3 Å². The van der Waals surface area contributed by atoms with Crippen LogP contribution in [0.2, 0.25) is 5.15 Å². The lowest BCUT2D eigenvalue weighted by atomic mass is 9.88. The first-order valence-electron chi connectivity index (χ1n) is 6.18. The van der Waals surface area contributed by atoms with Crippen LogP contribution in [-0.4, -0.2) is 16.6 Å². The van der Waals surface area contributed by atoms with Gasteiger partial charge in [-0.25, -0.2) is 9.97 Å². The highest BCUT2D eigenvalue weighted by Gasteiger charge is 2.31. The summed E-state index contributed by atoms with van der Waals surface area (Å²) in [4.78, 5) is 9.10. The molecule has 1 aliphatic rings. The van der Waals surface area contributed by atoms with Crippen LogP contribution in [0, 0.1) is 5.41 Å². The molecule has 0 fully saturated rings. The Labute approximate surface area is 118 Å². The minimum absolute atomic E-state index is 0.0423. The minimum atomic E-state index is -0.115. The molecule has 0 amide bonds. The van der Waals surface area contributed by atoms with Crippen LogP contribution in [0.1, 0.15) is 50.9 Å². The molecule has 0 aromatic carbocycles. The van der Waals surface area contributed by atoms with Crippen LogP contribution in [0.4, 0.5) is 0 Å². The molecule has 0 saturated carbocycles. The Morgan fingerprint density at radius 1 is 1.33 bits per heavy atom. The van der Waals surface area contributed by atoms with Crippen LogP contribution >= 0.6 is 23.4 Å². The number of hydrogen-bond donors (Lipinski definition) is 0. The van der Waals surface area contributed by atoms with Gasteiger partial charge in [0.1, 0.15) is 11.3 Å². The van der Waals surface area contributed by atoms with Gasteiger partial charge in [-0.05, 0) is 12.3 Å². The first-order chi connectivity index (χ1) is 8.43. The average molecular weight is 287 g/mol. The molecule has 5 heteroatoms. The molecule has 1 aromatic rings. The van der Waals surface area contributed by atoms with E-state index in [4.69, 9.17) is 16.3 Å². The number of fused-ring (bicyclic) bond motifs is 1. The summed E-state index contributed by atoms with van der Waals surface area (Å²) in [5, 5.41) is 0.592. The third-order valence-electron chi connectivity index (χ3n) is 2.90. The van der Waals surface area contributed by atoms with E-state index in [0.717, 1.165) is 28.6 Å². The fraction of sp³-hybridized carbons (Fsp3) is 0.692. The van der Waals surface area contributed by atoms with Gasteiger partial charge >= 0.3 is 0 Å². The SMILES string of the molecule is CCOC(c1nc(Cl)c2c(n1)CSC2)C(C)(C)C. The van der Waals surface area contributed by atoms with Crippen LogP contribution < -0.4 is 0 Å². The molecule has 0 radical (unpaired) electrons. The van der Waals surface area contributed by atoms with Crippen LogP contribution in [0.3, 0.4) is 0 Å². The van der Waals surface area contributed by atoms with Crippen LogP contribution in [0.25, 0.3) is 0 Å². The number of halogens is 1. The standard InChI is InChI=1S/C13H19ClN2OS/c1-5-17-10(13(2,3)4)12-15-9-7-18-6-8(9)11(14)16-12/h10H,5-7H2,1-4H3. The number of rotatable bonds is 3. The molecular formula is C13H19ClN2OS. The predicted octanol–water partition coefficient (Wildman–Crippen LogP) is 4.00. The van der Waals surface area contributed by atoms with Crippen molar-refractivity contribution in [1.82, 2.24) is 9.97 Å². The smallest absolute Gasteiger partial charge is 0.159 e. The van der Waals surface area contributed by atoms with Gasteiger partial charge in [0.15, 0.2) is 5.82 Å². The summed E-state index contributed by atoms with van der Waals surface area (Å²) in [7, 11) is 0. The molecule has 1 atom stereocenters. The highest BCUT2D eigenvalue weighted by molar-refractivity contribution is 7.98. The molecule has 18 heavy (non-hydrogen) atoms. The zero-order valence-electron chi connectivity index (χ0n) is 11.3. The molecule has 2 rings (SSSR count). The number of ether oxygens (including phenoxy) is 1.